The summed E-state index contributed by atoms with van der Waals surface area (Å²) >= 11 is 0. The van der Waals surface area contributed by atoms with Crippen molar-refractivity contribution in [3.63, 3.8) is 0 Å². The molecule has 0 bridgehead atoms. The number of methoxy groups -OCH3 is 1. The highest BCUT2D eigenvalue weighted by atomic mass is 16.5. The number of ether oxygens (including phenoxy) is 3. The van der Waals surface area contributed by atoms with Gasteiger partial charge in [0, 0.05) is 26.2 Å². The molecule has 0 heterocycles. The highest BCUT2D eigenvalue weighted by molar-refractivity contribution is 5.17. The molecular formula is C22H31NO3. The van der Waals surface area contributed by atoms with Crippen LogP contribution in [0, 0.1) is 0 Å². The van der Waals surface area contributed by atoms with Crippen molar-refractivity contribution in [3.05, 3.63) is 71.8 Å². The maximum absolute atomic E-state index is 5.82. The van der Waals surface area contributed by atoms with Crippen molar-refractivity contribution < 1.29 is 14.2 Å². The van der Waals surface area contributed by atoms with E-state index >= 15 is 0 Å². The van der Waals surface area contributed by atoms with Crippen molar-refractivity contribution in [2.24, 2.45) is 0 Å². The smallest absolute Gasteiger partial charge is 0.0701 e. The van der Waals surface area contributed by atoms with Crippen LogP contribution < -0.4 is 0 Å². The normalized spacial score (nSPS) is 12.4. The standard InChI is InChI=1S/C22H31NO3/c1-20(19-26-16-15-25-14-13-24-2)23(17-21-9-5-3-6-10-21)18-22-11-7-4-8-12-22/h3-12,20H,13-19H2,1-2H3. The van der Waals surface area contributed by atoms with E-state index in [9.17, 15) is 0 Å². The molecule has 0 aromatic heterocycles. The topological polar surface area (TPSA) is 30.9 Å². The molecule has 2 rings (SSSR count). The van der Waals surface area contributed by atoms with E-state index in [2.05, 4.69) is 72.5 Å². The summed E-state index contributed by atoms with van der Waals surface area (Å²) in [5, 5.41) is 0. The summed E-state index contributed by atoms with van der Waals surface area (Å²) in [5.74, 6) is 0. The minimum atomic E-state index is 0.314. The highest BCUT2D eigenvalue weighted by Crippen LogP contribution is 2.13. The number of rotatable bonds is 13. The van der Waals surface area contributed by atoms with E-state index in [-0.39, 0.29) is 0 Å². The number of hydrogen-bond donors (Lipinski definition) is 0. The van der Waals surface area contributed by atoms with Crippen LogP contribution in [-0.4, -0.2) is 51.1 Å². The van der Waals surface area contributed by atoms with Crippen LogP contribution in [0.5, 0.6) is 0 Å². The van der Waals surface area contributed by atoms with Gasteiger partial charge in [-0.3, -0.25) is 4.90 Å². The number of benzene rings is 2. The van der Waals surface area contributed by atoms with Gasteiger partial charge in [0.05, 0.1) is 33.0 Å². The van der Waals surface area contributed by atoms with E-state index in [0.717, 1.165) is 13.1 Å². The van der Waals surface area contributed by atoms with Crippen LogP contribution >= 0.6 is 0 Å². The molecule has 0 amide bonds. The third-order valence-electron chi connectivity index (χ3n) is 4.24. The Hall–Kier alpha value is -1.72. The first-order valence-corrected chi connectivity index (χ1v) is 9.26. The van der Waals surface area contributed by atoms with Gasteiger partial charge < -0.3 is 14.2 Å². The van der Waals surface area contributed by atoms with Gasteiger partial charge in [0.1, 0.15) is 0 Å². The predicted molar refractivity (Wildman–Crippen MR) is 105 cm³/mol. The molecular weight excluding hydrogens is 326 g/mol. The molecule has 2 aromatic rings. The second kappa shape index (κ2) is 12.6. The van der Waals surface area contributed by atoms with Crippen molar-refractivity contribution >= 4 is 0 Å². The summed E-state index contributed by atoms with van der Waals surface area (Å²) < 4.78 is 16.2. The van der Waals surface area contributed by atoms with E-state index < -0.39 is 0 Å². The van der Waals surface area contributed by atoms with Crippen LogP contribution in [0.3, 0.4) is 0 Å². The second-order valence-corrected chi connectivity index (χ2v) is 6.41. The van der Waals surface area contributed by atoms with Crippen molar-refractivity contribution in [2.75, 3.05) is 40.1 Å². The molecule has 4 nitrogen and oxygen atoms in total. The minimum absolute atomic E-state index is 0.314. The van der Waals surface area contributed by atoms with Crippen LogP contribution in [0.4, 0.5) is 0 Å². The summed E-state index contributed by atoms with van der Waals surface area (Å²) in [6, 6.07) is 21.5. The van der Waals surface area contributed by atoms with E-state index in [1.165, 1.54) is 11.1 Å². The van der Waals surface area contributed by atoms with Gasteiger partial charge in [0.2, 0.25) is 0 Å². The lowest BCUT2D eigenvalue weighted by Gasteiger charge is -2.29. The molecule has 2 aromatic carbocycles. The summed E-state index contributed by atoms with van der Waals surface area (Å²) in [6.45, 7) is 7.17. The quantitative estimate of drug-likeness (QED) is 0.511. The fraction of sp³-hybridized carbons (Fsp3) is 0.455. The Balaban J connectivity index is 1.83. The maximum Gasteiger partial charge on any atom is 0.0701 e. The summed E-state index contributed by atoms with van der Waals surface area (Å²) in [6.07, 6.45) is 0. The van der Waals surface area contributed by atoms with Crippen molar-refractivity contribution in [2.45, 2.75) is 26.1 Å². The predicted octanol–water partition coefficient (Wildman–Crippen LogP) is 3.76. The Morgan fingerprint density at radius 3 is 1.77 bits per heavy atom. The van der Waals surface area contributed by atoms with Crippen LogP contribution in [0.15, 0.2) is 60.7 Å². The van der Waals surface area contributed by atoms with Crippen molar-refractivity contribution in [1.29, 1.82) is 0 Å². The van der Waals surface area contributed by atoms with Crippen molar-refractivity contribution in [1.82, 2.24) is 4.90 Å². The zero-order valence-corrected chi connectivity index (χ0v) is 16.0. The number of hydrogen-bond acceptors (Lipinski definition) is 4. The Morgan fingerprint density at radius 1 is 0.731 bits per heavy atom. The molecule has 0 N–H and O–H groups in total. The van der Waals surface area contributed by atoms with Gasteiger partial charge >= 0.3 is 0 Å². The summed E-state index contributed by atoms with van der Waals surface area (Å²) in [7, 11) is 1.68. The average Bonchev–Trinajstić information content (AvgIpc) is 2.68. The summed E-state index contributed by atoms with van der Waals surface area (Å²) in [5.41, 5.74) is 2.64. The Kier molecular flexibility index (Phi) is 9.98. The molecule has 0 spiro atoms. The monoisotopic (exact) mass is 357 g/mol. The Labute approximate surface area is 157 Å². The van der Waals surface area contributed by atoms with Gasteiger partial charge in [0.25, 0.3) is 0 Å². The van der Waals surface area contributed by atoms with Gasteiger partial charge in [-0.15, -0.1) is 0 Å². The Morgan fingerprint density at radius 2 is 1.23 bits per heavy atom. The van der Waals surface area contributed by atoms with E-state index in [4.69, 9.17) is 14.2 Å². The van der Waals surface area contributed by atoms with E-state index in [1.807, 2.05) is 0 Å². The first-order chi connectivity index (χ1) is 12.8. The molecule has 0 aliphatic carbocycles. The highest BCUT2D eigenvalue weighted by Gasteiger charge is 2.15. The zero-order chi connectivity index (χ0) is 18.5. The van der Waals surface area contributed by atoms with Gasteiger partial charge in [-0.2, -0.15) is 0 Å². The maximum atomic E-state index is 5.82. The SMILES string of the molecule is COCCOCCOCC(C)N(Cc1ccccc1)Cc1ccccc1. The number of nitrogens with zero attached hydrogens (tertiary/aromatic N) is 1. The lowest BCUT2D eigenvalue weighted by molar-refractivity contribution is 0.00560. The van der Waals surface area contributed by atoms with Gasteiger partial charge in [-0.25, -0.2) is 0 Å². The average molecular weight is 357 g/mol. The van der Waals surface area contributed by atoms with Gasteiger partial charge in [-0.1, -0.05) is 60.7 Å². The first-order valence-electron chi connectivity index (χ1n) is 9.26. The van der Waals surface area contributed by atoms with Crippen LogP contribution in [0.2, 0.25) is 0 Å². The molecule has 26 heavy (non-hydrogen) atoms. The van der Waals surface area contributed by atoms with E-state index in [1.54, 1.807) is 7.11 Å². The zero-order valence-electron chi connectivity index (χ0n) is 16.0. The molecule has 1 atom stereocenters. The van der Waals surface area contributed by atoms with Crippen LogP contribution in [0.25, 0.3) is 0 Å². The molecule has 0 radical (unpaired) electrons. The molecule has 0 fully saturated rings. The molecule has 142 valence electrons. The van der Waals surface area contributed by atoms with Gasteiger partial charge in [-0.05, 0) is 18.1 Å². The fourth-order valence-corrected chi connectivity index (χ4v) is 2.72. The largest absolute Gasteiger partial charge is 0.382 e. The fourth-order valence-electron chi connectivity index (χ4n) is 2.72. The summed E-state index contributed by atoms with van der Waals surface area (Å²) in [4.78, 5) is 2.45. The Bertz CT molecular complexity index is 535. The minimum Gasteiger partial charge on any atom is -0.382 e. The molecule has 1 unspecified atom stereocenters. The molecule has 0 aliphatic heterocycles. The third kappa shape index (κ3) is 8.11. The van der Waals surface area contributed by atoms with Crippen LogP contribution in [0.1, 0.15) is 18.1 Å². The van der Waals surface area contributed by atoms with Gasteiger partial charge in [0.15, 0.2) is 0 Å². The molecule has 0 saturated heterocycles. The lowest BCUT2D eigenvalue weighted by Crippen LogP contribution is -2.35. The second-order valence-electron chi connectivity index (χ2n) is 6.41. The van der Waals surface area contributed by atoms with Crippen LogP contribution in [-0.2, 0) is 27.3 Å². The lowest BCUT2D eigenvalue weighted by atomic mass is 10.1. The molecule has 0 saturated carbocycles. The first kappa shape index (κ1) is 20.6. The van der Waals surface area contributed by atoms with Crippen molar-refractivity contribution in [3.8, 4) is 0 Å². The van der Waals surface area contributed by atoms with E-state index in [0.29, 0.717) is 39.1 Å². The molecule has 0 aliphatic rings. The third-order valence-corrected chi connectivity index (χ3v) is 4.24. The molecule has 4 heteroatoms.